The third-order valence-corrected chi connectivity index (χ3v) is 7.37. The van der Waals surface area contributed by atoms with Gasteiger partial charge in [0.2, 0.25) is 6.43 Å². The van der Waals surface area contributed by atoms with Crippen LogP contribution in [0.15, 0.2) is 36.4 Å². The van der Waals surface area contributed by atoms with Crippen molar-refractivity contribution in [3.8, 4) is 5.75 Å². The van der Waals surface area contributed by atoms with Gasteiger partial charge in [0.1, 0.15) is 5.75 Å². The topological polar surface area (TPSA) is 9.23 Å². The van der Waals surface area contributed by atoms with Gasteiger partial charge in [-0.25, -0.2) is 8.78 Å². The van der Waals surface area contributed by atoms with Crippen LogP contribution in [-0.2, 0) is 0 Å². The summed E-state index contributed by atoms with van der Waals surface area (Å²) in [5.41, 5.74) is 1.24. The molecule has 0 aliphatic heterocycles. The van der Waals surface area contributed by atoms with Crippen LogP contribution >= 0.6 is 0 Å². The standard InChI is InChI=1S/C26H36F4O/c27-25(28)6-4-2-1-3-5-19-7-9-20(10-8-19)21-11-13-22(14-12-21)23-15-17-24(18-16-23)31-26(29)30/h1-2,15-22,25-26H,3-14H2/b2-1+/t19-,20-,21?,22?. The van der Waals surface area contributed by atoms with Crippen LogP contribution in [0.4, 0.5) is 17.6 Å². The molecule has 0 bridgehead atoms. The molecule has 1 aromatic rings. The molecule has 0 heterocycles. The number of allylic oxidation sites excluding steroid dienone is 2. The number of halogens is 4. The second-order valence-electron chi connectivity index (χ2n) is 9.36. The Balaban J connectivity index is 1.33. The average molecular weight is 441 g/mol. The number of benzene rings is 1. The lowest BCUT2D eigenvalue weighted by Crippen LogP contribution is -2.25. The van der Waals surface area contributed by atoms with Crippen molar-refractivity contribution in [1.82, 2.24) is 0 Å². The highest BCUT2D eigenvalue weighted by atomic mass is 19.3. The zero-order valence-corrected chi connectivity index (χ0v) is 18.3. The molecule has 0 N–H and O–H groups in total. The van der Waals surface area contributed by atoms with E-state index in [0.29, 0.717) is 12.3 Å². The van der Waals surface area contributed by atoms with E-state index in [4.69, 9.17) is 0 Å². The van der Waals surface area contributed by atoms with Crippen LogP contribution in [0.1, 0.15) is 88.5 Å². The number of hydrogen-bond acceptors (Lipinski definition) is 1. The molecule has 5 heteroatoms. The lowest BCUT2D eigenvalue weighted by molar-refractivity contribution is -0.0498. The zero-order chi connectivity index (χ0) is 22.1. The molecule has 1 nitrogen and oxygen atoms in total. The number of alkyl halides is 4. The van der Waals surface area contributed by atoms with Gasteiger partial charge < -0.3 is 4.74 Å². The molecule has 2 fully saturated rings. The summed E-state index contributed by atoms with van der Waals surface area (Å²) in [6.45, 7) is -2.77. The van der Waals surface area contributed by atoms with Gasteiger partial charge in [-0.3, -0.25) is 0 Å². The fourth-order valence-electron chi connectivity index (χ4n) is 5.58. The molecular formula is C26H36F4O. The Labute approximate surface area is 184 Å². The Morgan fingerprint density at radius 1 is 0.774 bits per heavy atom. The maximum Gasteiger partial charge on any atom is 0.387 e. The monoisotopic (exact) mass is 440 g/mol. The van der Waals surface area contributed by atoms with Crippen LogP contribution in [0.2, 0.25) is 0 Å². The summed E-state index contributed by atoms with van der Waals surface area (Å²) < 4.78 is 53.3. The third-order valence-electron chi connectivity index (χ3n) is 7.37. The van der Waals surface area contributed by atoms with Crippen molar-refractivity contribution >= 4 is 0 Å². The van der Waals surface area contributed by atoms with E-state index in [1.54, 1.807) is 12.1 Å². The van der Waals surface area contributed by atoms with Crippen molar-refractivity contribution in [2.45, 2.75) is 96.0 Å². The molecular weight excluding hydrogens is 404 g/mol. The van der Waals surface area contributed by atoms with Gasteiger partial charge in [0, 0.05) is 6.42 Å². The van der Waals surface area contributed by atoms with Crippen molar-refractivity contribution in [3.05, 3.63) is 42.0 Å². The second-order valence-corrected chi connectivity index (χ2v) is 9.36. The van der Waals surface area contributed by atoms with Gasteiger partial charge in [0.15, 0.2) is 0 Å². The van der Waals surface area contributed by atoms with Gasteiger partial charge in [0.05, 0.1) is 0 Å². The molecule has 0 spiro atoms. The molecule has 2 aliphatic carbocycles. The van der Waals surface area contributed by atoms with Gasteiger partial charge in [-0.05, 0) is 99.2 Å². The van der Waals surface area contributed by atoms with Gasteiger partial charge in [-0.2, -0.15) is 8.78 Å². The predicted octanol–water partition coefficient (Wildman–Crippen LogP) is 8.75. The van der Waals surface area contributed by atoms with E-state index in [1.807, 2.05) is 18.2 Å². The van der Waals surface area contributed by atoms with E-state index in [-0.39, 0.29) is 12.2 Å². The predicted molar refractivity (Wildman–Crippen MR) is 117 cm³/mol. The fourth-order valence-corrected chi connectivity index (χ4v) is 5.58. The number of rotatable bonds is 10. The molecule has 0 radical (unpaired) electrons. The normalized spacial score (nSPS) is 27.3. The summed E-state index contributed by atoms with van der Waals surface area (Å²) in [6, 6.07) is 7.19. The first-order valence-corrected chi connectivity index (χ1v) is 12.0. The molecule has 0 unspecified atom stereocenters. The highest BCUT2D eigenvalue weighted by Crippen LogP contribution is 2.44. The summed E-state index contributed by atoms with van der Waals surface area (Å²) in [5, 5.41) is 0. The Hall–Kier alpha value is -1.52. The van der Waals surface area contributed by atoms with Crippen molar-refractivity contribution in [2.24, 2.45) is 17.8 Å². The van der Waals surface area contributed by atoms with Crippen molar-refractivity contribution in [3.63, 3.8) is 0 Å². The molecule has 0 aromatic heterocycles. The summed E-state index contributed by atoms with van der Waals surface area (Å²) in [5.74, 6) is 3.23. The lowest BCUT2D eigenvalue weighted by Gasteiger charge is -2.38. The maximum absolute atomic E-state index is 12.3. The molecule has 2 aliphatic rings. The second kappa shape index (κ2) is 12.5. The highest BCUT2D eigenvalue weighted by Gasteiger charge is 2.31. The van der Waals surface area contributed by atoms with Crippen LogP contribution < -0.4 is 4.74 Å². The van der Waals surface area contributed by atoms with Gasteiger partial charge in [0.25, 0.3) is 0 Å². The Morgan fingerprint density at radius 3 is 1.94 bits per heavy atom. The molecule has 174 valence electrons. The summed E-state index contributed by atoms with van der Waals surface area (Å²) >= 11 is 0. The summed E-state index contributed by atoms with van der Waals surface area (Å²) in [7, 11) is 0. The Morgan fingerprint density at radius 2 is 1.35 bits per heavy atom. The minimum atomic E-state index is -2.77. The quantitative estimate of drug-likeness (QED) is 0.261. The molecule has 3 rings (SSSR count). The fraction of sp³-hybridized carbons (Fsp3) is 0.692. The minimum Gasteiger partial charge on any atom is -0.435 e. The third kappa shape index (κ3) is 8.16. The highest BCUT2D eigenvalue weighted by molar-refractivity contribution is 5.29. The van der Waals surface area contributed by atoms with Gasteiger partial charge >= 0.3 is 6.61 Å². The van der Waals surface area contributed by atoms with E-state index >= 15 is 0 Å². The first kappa shape index (κ1) is 24.1. The number of ether oxygens (including phenoxy) is 1. The van der Waals surface area contributed by atoms with Crippen LogP contribution in [0, 0.1) is 17.8 Å². The average Bonchev–Trinajstić information content (AvgIpc) is 2.77. The first-order valence-electron chi connectivity index (χ1n) is 12.0. The molecule has 1 aromatic carbocycles. The van der Waals surface area contributed by atoms with Crippen LogP contribution in [0.5, 0.6) is 5.75 Å². The first-order chi connectivity index (χ1) is 15.0. The zero-order valence-electron chi connectivity index (χ0n) is 18.3. The minimum absolute atomic E-state index is 0.0255. The Kier molecular flexibility index (Phi) is 9.73. The molecule has 0 amide bonds. The Bertz CT molecular complexity index is 642. The maximum atomic E-state index is 12.3. The number of hydrogen-bond donors (Lipinski definition) is 0. The largest absolute Gasteiger partial charge is 0.435 e. The van der Waals surface area contributed by atoms with Crippen molar-refractivity contribution in [2.75, 3.05) is 0 Å². The van der Waals surface area contributed by atoms with E-state index < -0.39 is 13.0 Å². The smallest absolute Gasteiger partial charge is 0.387 e. The van der Waals surface area contributed by atoms with E-state index in [2.05, 4.69) is 10.8 Å². The van der Waals surface area contributed by atoms with Crippen LogP contribution in [-0.4, -0.2) is 13.0 Å². The van der Waals surface area contributed by atoms with E-state index in [1.165, 1.54) is 63.4 Å². The van der Waals surface area contributed by atoms with E-state index in [9.17, 15) is 17.6 Å². The molecule has 0 saturated heterocycles. The molecule has 2 saturated carbocycles. The summed E-state index contributed by atoms with van der Waals surface area (Å²) in [4.78, 5) is 0. The molecule has 0 atom stereocenters. The van der Waals surface area contributed by atoms with Crippen molar-refractivity contribution < 1.29 is 22.3 Å². The molecule has 31 heavy (non-hydrogen) atoms. The van der Waals surface area contributed by atoms with Crippen LogP contribution in [0.3, 0.4) is 0 Å². The van der Waals surface area contributed by atoms with Gasteiger partial charge in [-0.1, -0.05) is 37.1 Å². The van der Waals surface area contributed by atoms with Crippen LogP contribution in [0.25, 0.3) is 0 Å². The summed E-state index contributed by atoms with van der Waals surface area (Å²) in [6.07, 6.45) is 14.6. The van der Waals surface area contributed by atoms with E-state index in [0.717, 1.165) is 24.2 Å². The lowest BCUT2D eigenvalue weighted by atomic mass is 9.68. The SMILES string of the molecule is FC(F)CC/C=C/CC[C@H]1CC[C@H](C2CCC(c3ccc(OC(F)F)cc3)CC2)CC1. The van der Waals surface area contributed by atoms with Gasteiger partial charge in [-0.15, -0.1) is 0 Å². The van der Waals surface area contributed by atoms with Crippen molar-refractivity contribution in [1.29, 1.82) is 0 Å².